The van der Waals surface area contributed by atoms with Crippen LogP contribution in [0.25, 0.3) is 0 Å². The van der Waals surface area contributed by atoms with E-state index in [1.807, 2.05) is 0 Å². The Morgan fingerprint density at radius 1 is 1.05 bits per heavy atom. The Labute approximate surface area is 130 Å². The van der Waals surface area contributed by atoms with Crippen molar-refractivity contribution in [2.75, 3.05) is 32.7 Å². The molecule has 1 saturated heterocycles. The summed E-state index contributed by atoms with van der Waals surface area (Å²) in [5, 5.41) is 3.49. The first kappa shape index (κ1) is 16.5. The molecule has 118 valence electrons. The number of nitrogens with one attached hydrogen (secondary N) is 1. The Balaban J connectivity index is 1.81. The highest BCUT2D eigenvalue weighted by molar-refractivity contribution is 5.23. The zero-order chi connectivity index (χ0) is 15.1. The van der Waals surface area contributed by atoms with Crippen molar-refractivity contribution in [2.45, 2.75) is 46.3 Å². The number of nitrogens with zero attached hydrogens (tertiary/aromatic N) is 2. The largest absolute Gasteiger partial charge is 0.310 e. The van der Waals surface area contributed by atoms with E-state index in [9.17, 15) is 0 Å². The molecule has 0 amide bonds. The molecule has 0 radical (unpaired) electrons. The molecule has 0 saturated carbocycles. The molecular formula is C18H31N3. The second-order valence-electron chi connectivity index (χ2n) is 6.47. The molecule has 0 aliphatic carbocycles. The molecule has 0 aromatic heterocycles. The van der Waals surface area contributed by atoms with Gasteiger partial charge in [0.1, 0.15) is 0 Å². The molecule has 3 nitrogen and oxygen atoms in total. The molecular weight excluding hydrogens is 258 g/mol. The maximum atomic E-state index is 3.49. The number of piperazine rings is 1. The number of hydrogen-bond donors (Lipinski definition) is 1. The fourth-order valence-corrected chi connectivity index (χ4v) is 2.91. The van der Waals surface area contributed by atoms with Crippen LogP contribution in [0.3, 0.4) is 0 Å². The summed E-state index contributed by atoms with van der Waals surface area (Å²) >= 11 is 0. The van der Waals surface area contributed by atoms with Crippen molar-refractivity contribution in [2.24, 2.45) is 0 Å². The maximum Gasteiger partial charge on any atom is 0.0234 e. The lowest BCUT2D eigenvalue weighted by molar-refractivity contribution is 0.127. The highest BCUT2D eigenvalue weighted by Gasteiger charge is 2.16. The molecule has 1 aliphatic rings. The van der Waals surface area contributed by atoms with Crippen LogP contribution in [0, 0.1) is 0 Å². The fourth-order valence-electron chi connectivity index (χ4n) is 2.91. The van der Waals surface area contributed by atoms with Gasteiger partial charge in [-0.3, -0.25) is 4.90 Å². The average molecular weight is 289 g/mol. The molecule has 0 unspecified atom stereocenters. The first-order chi connectivity index (χ1) is 10.2. The van der Waals surface area contributed by atoms with E-state index in [0.717, 1.165) is 13.1 Å². The van der Waals surface area contributed by atoms with E-state index >= 15 is 0 Å². The maximum absolute atomic E-state index is 3.49. The smallest absolute Gasteiger partial charge is 0.0234 e. The van der Waals surface area contributed by atoms with Gasteiger partial charge in [0, 0.05) is 45.3 Å². The van der Waals surface area contributed by atoms with Gasteiger partial charge in [0.15, 0.2) is 0 Å². The van der Waals surface area contributed by atoms with Crippen molar-refractivity contribution in [3.63, 3.8) is 0 Å². The van der Waals surface area contributed by atoms with Crippen molar-refractivity contribution < 1.29 is 0 Å². The normalized spacial score (nSPS) is 17.5. The molecule has 21 heavy (non-hydrogen) atoms. The van der Waals surface area contributed by atoms with Gasteiger partial charge in [0.05, 0.1) is 0 Å². The molecule has 1 heterocycles. The van der Waals surface area contributed by atoms with Crippen LogP contribution in [0.1, 0.15) is 38.3 Å². The van der Waals surface area contributed by atoms with E-state index in [1.54, 1.807) is 0 Å². The Bertz CT molecular complexity index is 409. The standard InChI is InChI=1S/C18H31N3/c1-4-8-20-9-11-21(12-10-20)15-18-7-5-6-17(13-18)14-19-16(2)3/h5-7,13,16,19H,4,8-12,14-15H2,1-3H3. The third kappa shape index (κ3) is 5.77. The van der Waals surface area contributed by atoms with Crippen molar-refractivity contribution in [3.05, 3.63) is 35.4 Å². The van der Waals surface area contributed by atoms with Gasteiger partial charge in [-0.2, -0.15) is 0 Å². The van der Waals surface area contributed by atoms with Crippen LogP contribution in [0.4, 0.5) is 0 Å². The lowest BCUT2D eigenvalue weighted by Crippen LogP contribution is -2.45. The van der Waals surface area contributed by atoms with Gasteiger partial charge < -0.3 is 10.2 Å². The minimum atomic E-state index is 0.542. The minimum Gasteiger partial charge on any atom is -0.310 e. The van der Waals surface area contributed by atoms with E-state index in [-0.39, 0.29) is 0 Å². The van der Waals surface area contributed by atoms with E-state index in [2.05, 4.69) is 60.2 Å². The SMILES string of the molecule is CCCN1CCN(Cc2cccc(CNC(C)C)c2)CC1. The summed E-state index contributed by atoms with van der Waals surface area (Å²) in [6.45, 7) is 14.8. The summed E-state index contributed by atoms with van der Waals surface area (Å²) < 4.78 is 0. The average Bonchev–Trinajstić information content (AvgIpc) is 2.48. The van der Waals surface area contributed by atoms with Gasteiger partial charge in [-0.05, 0) is 24.1 Å². The van der Waals surface area contributed by atoms with Crippen LogP contribution in [0.15, 0.2) is 24.3 Å². The first-order valence-electron chi connectivity index (χ1n) is 8.43. The summed E-state index contributed by atoms with van der Waals surface area (Å²) in [6.07, 6.45) is 1.27. The van der Waals surface area contributed by atoms with Gasteiger partial charge in [-0.1, -0.05) is 45.0 Å². The summed E-state index contributed by atoms with van der Waals surface area (Å²) in [6, 6.07) is 9.57. The van der Waals surface area contributed by atoms with Crippen LogP contribution >= 0.6 is 0 Å². The second kappa shape index (κ2) is 8.52. The zero-order valence-electron chi connectivity index (χ0n) is 13.9. The van der Waals surface area contributed by atoms with Crippen LogP contribution < -0.4 is 5.32 Å². The topological polar surface area (TPSA) is 18.5 Å². The van der Waals surface area contributed by atoms with Crippen LogP contribution in [0.5, 0.6) is 0 Å². The number of benzene rings is 1. The fraction of sp³-hybridized carbons (Fsp3) is 0.667. The van der Waals surface area contributed by atoms with Gasteiger partial charge in [-0.15, -0.1) is 0 Å². The summed E-state index contributed by atoms with van der Waals surface area (Å²) in [5.41, 5.74) is 2.84. The minimum absolute atomic E-state index is 0.542. The second-order valence-corrected chi connectivity index (χ2v) is 6.47. The molecule has 0 bridgehead atoms. The Hall–Kier alpha value is -0.900. The van der Waals surface area contributed by atoms with E-state index in [0.29, 0.717) is 6.04 Å². The van der Waals surface area contributed by atoms with Crippen LogP contribution in [-0.2, 0) is 13.1 Å². The lowest BCUT2D eigenvalue weighted by atomic mass is 10.1. The van der Waals surface area contributed by atoms with Gasteiger partial charge >= 0.3 is 0 Å². The molecule has 0 spiro atoms. The molecule has 0 atom stereocenters. The summed E-state index contributed by atoms with van der Waals surface area (Å²) in [7, 11) is 0. The molecule has 1 aliphatic heterocycles. The van der Waals surface area contributed by atoms with Crippen molar-refractivity contribution in [1.29, 1.82) is 0 Å². The van der Waals surface area contributed by atoms with Crippen molar-refractivity contribution in [3.8, 4) is 0 Å². The molecule has 3 heteroatoms. The third-order valence-corrected chi connectivity index (χ3v) is 4.12. The van der Waals surface area contributed by atoms with Crippen molar-refractivity contribution >= 4 is 0 Å². The van der Waals surface area contributed by atoms with Gasteiger partial charge in [-0.25, -0.2) is 0 Å². The predicted molar refractivity (Wildman–Crippen MR) is 90.4 cm³/mol. The quantitative estimate of drug-likeness (QED) is 0.832. The molecule has 1 fully saturated rings. The first-order valence-corrected chi connectivity index (χ1v) is 8.43. The van der Waals surface area contributed by atoms with E-state index < -0.39 is 0 Å². The number of rotatable bonds is 7. The van der Waals surface area contributed by atoms with E-state index in [1.165, 1.54) is 50.3 Å². The monoisotopic (exact) mass is 289 g/mol. The zero-order valence-corrected chi connectivity index (χ0v) is 13.9. The molecule has 2 rings (SSSR count). The van der Waals surface area contributed by atoms with Crippen LogP contribution in [-0.4, -0.2) is 48.6 Å². The third-order valence-electron chi connectivity index (χ3n) is 4.12. The van der Waals surface area contributed by atoms with Crippen LogP contribution in [0.2, 0.25) is 0 Å². The highest BCUT2D eigenvalue weighted by Crippen LogP contribution is 2.11. The highest BCUT2D eigenvalue weighted by atomic mass is 15.3. The lowest BCUT2D eigenvalue weighted by Gasteiger charge is -2.34. The Morgan fingerprint density at radius 2 is 1.71 bits per heavy atom. The Morgan fingerprint density at radius 3 is 2.38 bits per heavy atom. The predicted octanol–water partition coefficient (Wildman–Crippen LogP) is 2.71. The van der Waals surface area contributed by atoms with E-state index in [4.69, 9.17) is 0 Å². The van der Waals surface area contributed by atoms with Crippen molar-refractivity contribution in [1.82, 2.24) is 15.1 Å². The number of hydrogen-bond acceptors (Lipinski definition) is 3. The van der Waals surface area contributed by atoms with Gasteiger partial charge in [0.25, 0.3) is 0 Å². The molecule has 1 N–H and O–H groups in total. The summed E-state index contributed by atoms with van der Waals surface area (Å²) in [5.74, 6) is 0. The Kier molecular flexibility index (Phi) is 6.68. The van der Waals surface area contributed by atoms with Gasteiger partial charge in [0.2, 0.25) is 0 Å². The molecule has 1 aromatic rings. The molecule has 1 aromatic carbocycles. The summed E-state index contributed by atoms with van der Waals surface area (Å²) in [4.78, 5) is 5.17.